The molecular formula is C19H29N3O2. The summed E-state index contributed by atoms with van der Waals surface area (Å²) in [4.78, 5) is 19.3. The molecule has 24 heavy (non-hydrogen) atoms. The number of piperazine rings is 1. The summed E-state index contributed by atoms with van der Waals surface area (Å²) in [7, 11) is 2.11. The number of nitrogens with zero attached hydrogens (tertiary/aromatic N) is 3. The molecule has 5 nitrogen and oxygen atoms in total. The molecule has 5 heteroatoms. The van der Waals surface area contributed by atoms with Gasteiger partial charge in [0.25, 0.3) is 0 Å². The molecule has 0 unspecified atom stereocenters. The maximum absolute atomic E-state index is 12.5. The maximum atomic E-state index is 12.5. The molecule has 1 aromatic rings. The fraction of sp³-hybridized carbons (Fsp3) is 0.632. The SMILES string of the molecule is CN1CCN(C(=O)CCN2CCOC[C@@]2(C)c2ccccc2)CC1. The number of likely N-dealkylation sites (N-methyl/N-ethyl adjacent to an activating group) is 1. The number of ether oxygens (including phenoxy) is 1. The number of rotatable bonds is 4. The van der Waals surface area contributed by atoms with Crippen LogP contribution in [0, 0.1) is 0 Å². The Morgan fingerprint density at radius 2 is 1.83 bits per heavy atom. The molecular weight excluding hydrogens is 302 g/mol. The summed E-state index contributed by atoms with van der Waals surface area (Å²) in [5, 5.41) is 0. The summed E-state index contributed by atoms with van der Waals surface area (Å²) < 4.78 is 5.76. The molecule has 1 atom stereocenters. The van der Waals surface area contributed by atoms with Gasteiger partial charge in [0.05, 0.1) is 18.8 Å². The van der Waals surface area contributed by atoms with Crippen molar-refractivity contribution in [2.24, 2.45) is 0 Å². The van der Waals surface area contributed by atoms with Gasteiger partial charge < -0.3 is 14.5 Å². The lowest BCUT2D eigenvalue weighted by Crippen LogP contribution is -2.54. The highest BCUT2D eigenvalue weighted by Crippen LogP contribution is 2.31. The second kappa shape index (κ2) is 7.64. The monoisotopic (exact) mass is 331 g/mol. The van der Waals surface area contributed by atoms with E-state index in [-0.39, 0.29) is 11.4 Å². The lowest BCUT2D eigenvalue weighted by atomic mass is 9.89. The molecule has 2 heterocycles. The van der Waals surface area contributed by atoms with E-state index in [0.717, 1.165) is 45.9 Å². The topological polar surface area (TPSA) is 36.0 Å². The van der Waals surface area contributed by atoms with Gasteiger partial charge in [0, 0.05) is 45.7 Å². The van der Waals surface area contributed by atoms with Crippen LogP contribution in [0.3, 0.4) is 0 Å². The number of carbonyl (C=O) groups excluding carboxylic acids is 1. The molecule has 1 aromatic carbocycles. The van der Waals surface area contributed by atoms with E-state index in [4.69, 9.17) is 4.74 Å². The van der Waals surface area contributed by atoms with Crippen LogP contribution in [-0.2, 0) is 15.1 Å². The standard InChI is InChI=1S/C19H29N3O2/c1-19(17-6-4-3-5-7-17)16-24-15-14-22(19)9-8-18(23)21-12-10-20(2)11-13-21/h3-7H,8-16H2,1-2H3/t19-/m0/s1. The van der Waals surface area contributed by atoms with Gasteiger partial charge in [0.1, 0.15) is 0 Å². The predicted molar refractivity (Wildman–Crippen MR) is 94.9 cm³/mol. The van der Waals surface area contributed by atoms with Crippen LogP contribution in [0.25, 0.3) is 0 Å². The number of amides is 1. The van der Waals surface area contributed by atoms with Gasteiger partial charge in [-0.1, -0.05) is 30.3 Å². The second-order valence-electron chi connectivity index (χ2n) is 7.11. The fourth-order valence-corrected chi connectivity index (χ4v) is 3.65. The van der Waals surface area contributed by atoms with Gasteiger partial charge in [0.2, 0.25) is 5.91 Å². The quantitative estimate of drug-likeness (QED) is 0.836. The Hall–Kier alpha value is -1.43. The van der Waals surface area contributed by atoms with Gasteiger partial charge in [-0.25, -0.2) is 0 Å². The number of hydrogen-bond acceptors (Lipinski definition) is 4. The van der Waals surface area contributed by atoms with Gasteiger partial charge in [-0.05, 0) is 19.5 Å². The molecule has 2 fully saturated rings. The summed E-state index contributed by atoms with van der Waals surface area (Å²) in [6, 6.07) is 10.5. The Bertz CT molecular complexity index is 543. The van der Waals surface area contributed by atoms with Crippen molar-refractivity contribution in [2.45, 2.75) is 18.9 Å². The van der Waals surface area contributed by atoms with Gasteiger partial charge in [-0.3, -0.25) is 9.69 Å². The molecule has 3 rings (SSSR count). The summed E-state index contributed by atoms with van der Waals surface area (Å²) in [6.45, 7) is 8.98. The Morgan fingerprint density at radius 1 is 1.12 bits per heavy atom. The van der Waals surface area contributed by atoms with Crippen LogP contribution in [0.5, 0.6) is 0 Å². The molecule has 0 aromatic heterocycles. The summed E-state index contributed by atoms with van der Waals surface area (Å²) in [5.41, 5.74) is 1.11. The second-order valence-corrected chi connectivity index (χ2v) is 7.11. The number of hydrogen-bond donors (Lipinski definition) is 0. The highest BCUT2D eigenvalue weighted by Gasteiger charge is 2.37. The predicted octanol–water partition coefficient (Wildman–Crippen LogP) is 1.40. The van der Waals surface area contributed by atoms with Crippen LogP contribution < -0.4 is 0 Å². The Morgan fingerprint density at radius 3 is 2.54 bits per heavy atom. The first-order chi connectivity index (χ1) is 11.6. The van der Waals surface area contributed by atoms with E-state index >= 15 is 0 Å². The first-order valence-corrected chi connectivity index (χ1v) is 8.94. The molecule has 0 spiro atoms. The molecule has 2 saturated heterocycles. The average molecular weight is 331 g/mol. The minimum atomic E-state index is -0.151. The van der Waals surface area contributed by atoms with Crippen molar-refractivity contribution in [1.82, 2.24) is 14.7 Å². The molecule has 0 saturated carbocycles. The molecule has 0 N–H and O–H groups in total. The lowest BCUT2D eigenvalue weighted by molar-refractivity contribution is -0.134. The third-order valence-corrected chi connectivity index (χ3v) is 5.43. The average Bonchev–Trinajstić information content (AvgIpc) is 2.62. The molecule has 0 aliphatic carbocycles. The Balaban J connectivity index is 1.61. The number of benzene rings is 1. The fourth-order valence-electron chi connectivity index (χ4n) is 3.65. The van der Waals surface area contributed by atoms with Gasteiger partial charge in [0.15, 0.2) is 0 Å². The zero-order valence-electron chi connectivity index (χ0n) is 14.9. The zero-order valence-corrected chi connectivity index (χ0v) is 14.9. The Kier molecular flexibility index (Phi) is 5.54. The van der Waals surface area contributed by atoms with Gasteiger partial charge in [-0.15, -0.1) is 0 Å². The minimum Gasteiger partial charge on any atom is -0.378 e. The highest BCUT2D eigenvalue weighted by atomic mass is 16.5. The van der Waals surface area contributed by atoms with E-state index in [9.17, 15) is 4.79 Å². The van der Waals surface area contributed by atoms with E-state index in [1.54, 1.807) is 0 Å². The summed E-state index contributed by atoms with van der Waals surface area (Å²) in [6.07, 6.45) is 0.589. The lowest BCUT2D eigenvalue weighted by Gasteiger charge is -2.45. The summed E-state index contributed by atoms with van der Waals surface area (Å²) in [5.74, 6) is 0.282. The van der Waals surface area contributed by atoms with E-state index in [1.165, 1.54) is 5.56 Å². The van der Waals surface area contributed by atoms with Crippen LogP contribution in [0.2, 0.25) is 0 Å². The van der Waals surface area contributed by atoms with E-state index < -0.39 is 0 Å². The minimum absolute atomic E-state index is 0.151. The van der Waals surface area contributed by atoms with Crippen LogP contribution in [0.1, 0.15) is 18.9 Å². The number of carbonyl (C=O) groups is 1. The molecule has 0 radical (unpaired) electrons. The molecule has 132 valence electrons. The van der Waals surface area contributed by atoms with Gasteiger partial charge >= 0.3 is 0 Å². The van der Waals surface area contributed by atoms with Crippen molar-refractivity contribution in [2.75, 3.05) is 59.5 Å². The third-order valence-electron chi connectivity index (χ3n) is 5.43. The first-order valence-electron chi connectivity index (χ1n) is 8.94. The normalized spacial score (nSPS) is 26.5. The molecule has 1 amide bonds. The van der Waals surface area contributed by atoms with Crippen LogP contribution in [0.4, 0.5) is 0 Å². The van der Waals surface area contributed by atoms with Crippen molar-refractivity contribution in [3.05, 3.63) is 35.9 Å². The molecule has 0 bridgehead atoms. The van der Waals surface area contributed by atoms with E-state index in [2.05, 4.69) is 48.0 Å². The van der Waals surface area contributed by atoms with Gasteiger partial charge in [-0.2, -0.15) is 0 Å². The van der Waals surface area contributed by atoms with Crippen molar-refractivity contribution < 1.29 is 9.53 Å². The Labute approximate surface area is 145 Å². The zero-order chi connectivity index (χ0) is 17.0. The van der Waals surface area contributed by atoms with Crippen LogP contribution in [0.15, 0.2) is 30.3 Å². The van der Waals surface area contributed by atoms with Crippen molar-refractivity contribution in [3.8, 4) is 0 Å². The third kappa shape index (κ3) is 3.79. The van der Waals surface area contributed by atoms with E-state index in [1.807, 2.05) is 11.0 Å². The maximum Gasteiger partial charge on any atom is 0.223 e. The van der Waals surface area contributed by atoms with Crippen molar-refractivity contribution in [3.63, 3.8) is 0 Å². The highest BCUT2D eigenvalue weighted by molar-refractivity contribution is 5.76. The number of morpholine rings is 1. The van der Waals surface area contributed by atoms with Crippen LogP contribution >= 0.6 is 0 Å². The summed E-state index contributed by atoms with van der Waals surface area (Å²) >= 11 is 0. The first kappa shape index (κ1) is 17.4. The molecule has 2 aliphatic rings. The van der Waals surface area contributed by atoms with Crippen molar-refractivity contribution in [1.29, 1.82) is 0 Å². The van der Waals surface area contributed by atoms with E-state index in [0.29, 0.717) is 13.0 Å². The largest absolute Gasteiger partial charge is 0.378 e. The van der Waals surface area contributed by atoms with Crippen molar-refractivity contribution >= 4 is 5.91 Å². The smallest absolute Gasteiger partial charge is 0.223 e. The molecule has 2 aliphatic heterocycles. The van der Waals surface area contributed by atoms with Crippen LogP contribution in [-0.4, -0.2) is 80.1 Å².